The van der Waals surface area contributed by atoms with E-state index in [0.29, 0.717) is 31.2 Å². The van der Waals surface area contributed by atoms with E-state index in [1.807, 2.05) is 11.0 Å². The molecule has 4 rings (SSSR count). The monoisotopic (exact) mass is 288 g/mol. The molecule has 0 radical (unpaired) electrons. The van der Waals surface area contributed by atoms with Crippen molar-refractivity contribution in [3.8, 4) is 11.5 Å². The first kappa shape index (κ1) is 13.0. The van der Waals surface area contributed by atoms with Crippen molar-refractivity contribution < 1.29 is 14.3 Å². The molecule has 3 aliphatic heterocycles. The van der Waals surface area contributed by atoms with Gasteiger partial charge in [-0.3, -0.25) is 9.69 Å². The second-order valence-electron chi connectivity index (χ2n) is 5.97. The molecule has 0 bridgehead atoms. The van der Waals surface area contributed by atoms with Gasteiger partial charge in [0.25, 0.3) is 0 Å². The lowest BCUT2D eigenvalue weighted by Gasteiger charge is -2.24. The fraction of sp³-hybridized carbons (Fsp3) is 0.562. The number of likely N-dealkylation sites (N-methyl/N-ethyl adjacent to an activating group) is 1. The van der Waals surface area contributed by atoms with Crippen LogP contribution in [-0.2, 0) is 11.3 Å². The number of fused-ring (bicyclic) bond motifs is 2. The molecule has 5 heteroatoms. The Labute approximate surface area is 124 Å². The zero-order chi connectivity index (χ0) is 14.4. The van der Waals surface area contributed by atoms with Crippen LogP contribution in [0.3, 0.4) is 0 Å². The molecule has 0 N–H and O–H groups in total. The number of hydrogen-bond donors (Lipinski definition) is 0. The minimum absolute atomic E-state index is 0.308. The summed E-state index contributed by atoms with van der Waals surface area (Å²) < 4.78 is 10.8. The molecule has 2 saturated heterocycles. The molecule has 1 amide bonds. The van der Waals surface area contributed by atoms with Crippen molar-refractivity contribution in [3.05, 3.63) is 23.8 Å². The molecule has 0 aliphatic carbocycles. The Kier molecular flexibility index (Phi) is 3.03. The molecule has 3 heterocycles. The van der Waals surface area contributed by atoms with Crippen LogP contribution >= 0.6 is 0 Å². The molecule has 2 atom stereocenters. The van der Waals surface area contributed by atoms with Gasteiger partial charge in [-0.05, 0) is 31.0 Å². The lowest BCUT2D eigenvalue weighted by Crippen LogP contribution is -2.36. The molecule has 1 aromatic carbocycles. The maximum absolute atomic E-state index is 12.0. The maximum Gasteiger partial charge on any atom is 0.231 e. The minimum atomic E-state index is 0.308. The third-order valence-electron chi connectivity index (χ3n) is 4.89. The SMILES string of the molecule is CCN1C(=O)C[C@@H]2[C@@H]1CCN2Cc1ccc2c(c1)OCO2. The van der Waals surface area contributed by atoms with E-state index in [9.17, 15) is 4.79 Å². The molecule has 21 heavy (non-hydrogen) atoms. The summed E-state index contributed by atoms with van der Waals surface area (Å²) in [7, 11) is 0. The van der Waals surface area contributed by atoms with Crippen molar-refractivity contribution in [2.45, 2.75) is 38.4 Å². The van der Waals surface area contributed by atoms with Crippen molar-refractivity contribution in [1.29, 1.82) is 0 Å². The van der Waals surface area contributed by atoms with Gasteiger partial charge in [0.2, 0.25) is 12.7 Å². The number of ether oxygens (including phenoxy) is 2. The van der Waals surface area contributed by atoms with E-state index in [-0.39, 0.29) is 0 Å². The number of likely N-dealkylation sites (tertiary alicyclic amines) is 2. The van der Waals surface area contributed by atoms with E-state index in [0.717, 1.165) is 37.6 Å². The second-order valence-corrected chi connectivity index (χ2v) is 5.97. The molecule has 3 aliphatic rings. The molecular formula is C16H20N2O3. The first-order valence-corrected chi connectivity index (χ1v) is 7.68. The standard InChI is InChI=1S/C16H20N2O3/c1-2-18-12-5-6-17(13(12)8-16(18)19)9-11-3-4-14-15(7-11)21-10-20-14/h3-4,7,12-13H,2,5-6,8-10H2,1H3/t12-,13+/m0/s1. The molecule has 5 nitrogen and oxygen atoms in total. The first-order chi connectivity index (χ1) is 10.3. The Morgan fingerprint density at radius 2 is 2.10 bits per heavy atom. The number of hydrogen-bond acceptors (Lipinski definition) is 4. The summed E-state index contributed by atoms with van der Waals surface area (Å²) in [6.07, 6.45) is 1.76. The van der Waals surface area contributed by atoms with Crippen LogP contribution in [0.4, 0.5) is 0 Å². The average molecular weight is 288 g/mol. The van der Waals surface area contributed by atoms with Crippen LogP contribution in [0.2, 0.25) is 0 Å². The summed E-state index contributed by atoms with van der Waals surface area (Å²) in [5, 5.41) is 0. The van der Waals surface area contributed by atoms with Crippen molar-refractivity contribution in [2.24, 2.45) is 0 Å². The van der Waals surface area contributed by atoms with Gasteiger partial charge in [-0.1, -0.05) is 6.07 Å². The highest BCUT2D eigenvalue weighted by Crippen LogP contribution is 2.36. The van der Waals surface area contributed by atoms with Gasteiger partial charge in [0.1, 0.15) is 0 Å². The van der Waals surface area contributed by atoms with Crippen molar-refractivity contribution in [1.82, 2.24) is 9.80 Å². The van der Waals surface area contributed by atoms with E-state index in [1.54, 1.807) is 0 Å². The summed E-state index contributed by atoms with van der Waals surface area (Å²) in [4.78, 5) is 16.5. The van der Waals surface area contributed by atoms with Crippen LogP contribution < -0.4 is 9.47 Å². The largest absolute Gasteiger partial charge is 0.454 e. The Morgan fingerprint density at radius 3 is 2.95 bits per heavy atom. The third-order valence-corrected chi connectivity index (χ3v) is 4.89. The fourth-order valence-corrected chi connectivity index (χ4v) is 3.89. The smallest absolute Gasteiger partial charge is 0.231 e. The lowest BCUT2D eigenvalue weighted by atomic mass is 10.1. The fourth-order valence-electron chi connectivity index (χ4n) is 3.89. The summed E-state index contributed by atoms with van der Waals surface area (Å²) in [6.45, 7) is 5.15. The zero-order valence-corrected chi connectivity index (χ0v) is 12.2. The quantitative estimate of drug-likeness (QED) is 0.847. The van der Waals surface area contributed by atoms with Crippen molar-refractivity contribution in [2.75, 3.05) is 19.9 Å². The van der Waals surface area contributed by atoms with Gasteiger partial charge in [-0.25, -0.2) is 0 Å². The first-order valence-electron chi connectivity index (χ1n) is 7.68. The van der Waals surface area contributed by atoms with E-state index in [4.69, 9.17) is 9.47 Å². The van der Waals surface area contributed by atoms with Crippen LogP contribution in [0.25, 0.3) is 0 Å². The topological polar surface area (TPSA) is 42.0 Å². The highest BCUT2D eigenvalue weighted by Gasteiger charge is 2.45. The van der Waals surface area contributed by atoms with Gasteiger partial charge < -0.3 is 14.4 Å². The van der Waals surface area contributed by atoms with Crippen LogP contribution in [-0.4, -0.2) is 47.7 Å². The molecule has 1 aromatic rings. The van der Waals surface area contributed by atoms with Gasteiger partial charge in [-0.15, -0.1) is 0 Å². The van der Waals surface area contributed by atoms with Gasteiger partial charge in [0.05, 0.1) is 0 Å². The van der Waals surface area contributed by atoms with Crippen LogP contribution in [0.1, 0.15) is 25.3 Å². The maximum atomic E-state index is 12.0. The minimum Gasteiger partial charge on any atom is -0.454 e. The van der Waals surface area contributed by atoms with Gasteiger partial charge in [0, 0.05) is 38.1 Å². The van der Waals surface area contributed by atoms with Crippen LogP contribution in [0, 0.1) is 0 Å². The van der Waals surface area contributed by atoms with Crippen molar-refractivity contribution in [3.63, 3.8) is 0 Å². The Balaban J connectivity index is 1.50. The second kappa shape index (κ2) is 4.91. The highest BCUT2D eigenvalue weighted by molar-refractivity contribution is 5.80. The summed E-state index contributed by atoms with van der Waals surface area (Å²) >= 11 is 0. The summed E-state index contributed by atoms with van der Waals surface area (Å²) in [6, 6.07) is 6.92. The highest BCUT2D eigenvalue weighted by atomic mass is 16.7. The Morgan fingerprint density at radius 1 is 1.24 bits per heavy atom. The zero-order valence-electron chi connectivity index (χ0n) is 12.2. The predicted octanol–water partition coefficient (Wildman–Crippen LogP) is 1.61. The average Bonchev–Trinajstić information content (AvgIpc) is 3.15. The summed E-state index contributed by atoms with van der Waals surface area (Å²) in [5.41, 5.74) is 1.22. The number of amides is 1. The molecule has 0 saturated carbocycles. The molecular weight excluding hydrogens is 268 g/mol. The van der Waals surface area contributed by atoms with Gasteiger partial charge in [-0.2, -0.15) is 0 Å². The lowest BCUT2D eigenvalue weighted by molar-refractivity contribution is -0.128. The summed E-state index contributed by atoms with van der Waals surface area (Å²) in [5.74, 6) is 1.97. The Hall–Kier alpha value is -1.75. The molecule has 0 aromatic heterocycles. The normalized spacial score (nSPS) is 27.5. The van der Waals surface area contributed by atoms with Gasteiger partial charge in [0.15, 0.2) is 11.5 Å². The number of nitrogens with zero attached hydrogens (tertiary/aromatic N) is 2. The Bertz CT molecular complexity index is 575. The molecule has 2 fully saturated rings. The van der Waals surface area contributed by atoms with E-state index >= 15 is 0 Å². The van der Waals surface area contributed by atoms with Crippen molar-refractivity contribution >= 4 is 5.91 Å². The predicted molar refractivity (Wildman–Crippen MR) is 77.2 cm³/mol. The van der Waals surface area contributed by atoms with E-state index in [2.05, 4.69) is 24.0 Å². The van der Waals surface area contributed by atoms with Gasteiger partial charge >= 0.3 is 0 Å². The number of benzene rings is 1. The molecule has 0 spiro atoms. The van der Waals surface area contributed by atoms with E-state index in [1.165, 1.54) is 5.56 Å². The number of carbonyl (C=O) groups is 1. The molecule has 0 unspecified atom stereocenters. The van der Waals surface area contributed by atoms with E-state index < -0.39 is 0 Å². The number of rotatable bonds is 3. The van der Waals surface area contributed by atoms with Crippen LogP contribution in [0.5, 0.6) is 11.5 Å². The van der Waals surface area contributed by atoms with Crippen LogP contribution in [0.15, 0.2) is 18.2 Å². The third kappa shape index (κ3) is 2.07. The number of carbonyl (C=O) groups excluding carboxylic acids is 1. The molecule has 112 valence electrons.